The third kappa shape index (κ3) is 4.84. The van der Waals surface area contributed by atoms with E-state index in [0.717, 1.165) is 21.2 Å². The predicted octanol–water partition coefficient (Wildman–Crippen LogP) is 4.65. The van der Waals surface area contributed by atoms with Gasteiger partial charge in [-0.05, 0) is 56.9 Å². The van der Waals surface area contributed by atoms with Crippen LogP contribution >= 0.6 is 39.2 Å². The van der Waals surface area contributed by atoms with Crippen LogP contribution in [0.3, 0.4) is 0 Å². The lowest BCUT2D eigenvalue weighted by Crippen LogP contribution is -2.35. The number of nitrogens with one attached hydrogen (secondary N) is 1. The van der Waals surface area contributed by atoms with Crippen molar-refractivity contribution in [3.05, 3.63) is 34.1 Å². The van der Waals surface area contributed by atoms with Gasteiger partial charge in [0, 0.05) is 21.5 Å². The highest BCUT2D eigenvalue weighted by atomic mass is 79.9. The molecule has 1 aromatic heterocycles. The topological polar surface area (TPSA) is 37.8 Å². The molecule has 2 rings (SSSR count). The molecule has 0 aliphatic heterocycles. The van der Waals surface area contributed by atoms with E-state index in [2.05, 4.69) is 69.6 Å². The van der Waals surface area contributed by atoms with Gasteiger partial charge in [-0.2, -0.15) is 4.37 Å². The molecule has 0 fully saturated rings. The molecule has 108 valence electrons. The van der Waals surface area contributed by atoms with Crippen LogP contribution in [0.2, 0.25) is 0 Å². The van der Waals surface area contributed by atoms with E-state index >= 15 is 0 Å². The van der Waals surface area contributed by atoms with Crippen molar-refractivity contribution in [2.45, 2.75) is 49.0 Å². The molecule has 0 bridgehead atoms. The minimum Gasteiger partial charge on any atom is -0.308 e. The number of benzene rings is 1. The van der Waals surface area contributed by atoms with E-state index in [9.17, 15) is 0 Å². The number of halogens is 1. The standard InChI is InChI=1S/C14H18BrN3S2/c1-9-17-13(20-18-9)19-12-7-11(15)6-5-10(12)8-16-14(2,3)4/h5-7,16H,8H2,1-4H3. The van der Waals surface area contributed by atoms with Gasteiger partial charge in [-0.15, -0.1) is 0 Å². The first-order valence-corrected chi connectivity index (χ1v) is 8.73. The van der Waals surface area contributed by atoms with Crippen molar-refractivity contribution in [1.29, 1.82) is 0 Å². The summed E-state index contributed by atoms with van der Waals surface area (Å²) in [5, 5.41) is 3.53. The van der Waals surface area contributed by atoms with Gasteiger partial charge in [-0.25, -0.2) is 4.98 Å². The summed E-state index contributed by atoms with van der Waals surface area (Å²) in [5.41, 5.74) is 1.38. The van der Waals surface area contributed by atoms with E-state index in [0.29, 0.717) is 0 Å². The minimum atomic E-state index is 0.105. The smallest absolute Gasteiger partial charge is 0.174 e. The number of aromatic nitrogens is 2. The summed E-state index contributed by atoms with van der Waals surface area (Å²) in [6.45, 7) is 9.28. The molecule has 0 spiro atoms. The van der Waals surface area contributed by atoms with Crippen LogP contribution in [0.4, 0.5) is 0 Å². The second-order valence-electron chi connectivity index (χ2n) is 5.57. The zero-order valence-corrected chi connectivity index (χ0v) is 15.2. The third-order valence-electron chi connectivity index (χ3n) is 2.54. The Hall–Kier alpha value is -0.430. The Bertz CT molecular complexity index is 590. The molecule has 2 aromatic rings. The van der Waals surface area contributed by atoms with E-state index in [-0.39, 0.29) is 5.54 Å². The van der Waals surface area contributed by atoms with Crippen molar-refractivity contribution in [1.82, 2.24) is 14.7 Å². The van der Waals surface area contributed by atoms with E-state index in [1.54, 1.807) is 11.8 Å². The maximum Gasteiger partial charge on any atom is 0.174 e. The number of hydrogen-bond acceptors (Lipinski definition) is 5. The van der Waals surface area contributed by atoms with Gasteiger partial charge in [0.15, 0.2) is 4.34 Å². The predicted molar refractivity (Wildman–Crippen MR) is 89.5 cm³/mol. The van der Waals surface area contributed by atoms with Crippen molar-refractivity contribution in [3.63, 3.8) is 0 Å². The molecule has 20 heavy (non-hydrogen) atoms. The van der Waals surface area contributed by atoms with Crippen molar-refractivity contribution >= 4 is 39.2 Å². The van der Waals surface area contributed by atoms with Gasteiger partial charge < -0.3 is 5.32 Å². The normalized spacial score (nSPS) is 11.8. The van der Waals surface area contributed by atoms with Crippen LogP contribution in [-0.4, -0.2) is 14.9 Å². The summed E-state index contributed by atoms with van der Waals surface area (Å²) in [5.74, 6) is 0.835. The summed E-state index contributed by atoms with van der Waals surface area (Å²) < 4.78 is 6.30. The Morgan fingerprint density at radius 3 is 2.70 bits per heavy atom. The van der Waals surface area contributed by atoms with Gasteiger partial charge in [0.1, 0.15) is 5.82 Å². The van der Waals surface area contributed by atoms with Crippen LogP contribution in [0.5, 0.6) is 0 Å². The van der Waals surface area contributed by atoms with Crippen molar-refractivity contribution in [3.8, 4) is 0 Å². The lowest BCUT2D eigenvalue weighted by molar-refractivity contribution is 0.422. The molecule has 0 atom stereocenters. The number of nitrogens with zero attached hydrogens (tertiary/aromatic N) is 2. The van der Waals surface area contributed by atoms with Crippen LogP contribution in [0.1, 0.15) is 32.2 Å². The largest absolute Gasteiger partial charge is 0.308 e. The fourth-order valence-corrected chi connectivity index (χ4v) is 3.83. The molecule has 1 aromatic carbocycles. The summed E-state index contributed by atoms with van der Waals surface area (Å²) in [4.78, 5) is 5.64. The number of hydrogen-bond donors (Lipinski definition) is 1. The fraction of sp³-hybridized carbons (Fsp3) is 0.429. The molecule has 0 aliphatic carbocycles. The Kier molecular flexibility index (Phi) is 5.23. The molecule has 3 nitrogen and oxygen atoms in total. The number of aryl methyl sites for hydroxylation is 1. The molecule has 0 unspecified atom stereocenters. The first-order valence-electron chi connectivity index (χ1n) is 6.35. The molecule has 0 saturated carbocycles. The molecule has 1 heterocycles. The van der Waals surface area contributed by atoms with Gasteiger partial charge in [-0.3, -0.25) is 0 Å². The van der Waals surface area contributed by atoms with Gasteiger partial charge in [0.25, 0.3) is 0 Å². The van der Waals surface area contributed by atoms with Crippen LogP contribution < -0.4 is 5.32 Å². The highest BCUT2D eigenvalue weighted by Gasteiger charge is 2.12. The highest BCUT2D eigenvalue weighted by Crippen LogP contribution is 2.33. The minimum absolute atomic E-state index is 0.105. The maximum atomic E-state index is 4.42. The lowest BCUT2D eigenvalue weighted by atomic mass is 10.1. The molecule has 6 heteroatoms. The van der Waals surface area contributed by atoms with Gasteiger partial charge in [0.05, 0.1) is 0 Å². The van der Waals surface area contributed by atoms with Crippen LogP contribution in [0, 0.1) is 6.92 Å². The first kappa shape index (κ1) is 15.9. The third-order valence-corrected chi connectivity index (χ3v) is 4.98. The van der Waals surface area contributed by atoms with E-state index in [4.69, 9.17) is 0 Å². The summed E-state index contributed by atoms with van der Waals surface area (Å²) in [6.07, 6.45) is 0. The Morgan fingerprint density at radius 2 is 2.10 bits per heavy atom. The summed E-state index contributed by atoms with van der Waals surface area (Å²) in [7, 11) is 0. The zero-order chi connectivity index (χ0) is 14.8. The molecule has 0 saturated heterocycles. The number of rotatable bonds is 4. The van der Waals surface area contributed by atoms with Crippen molar-refractivity contribution in [2.75, 3.05) is 0 Å². The maximum absolute atomic E-state index is 4.42. The van der Waals surface area contributed by atoms with Gasteiger partial charge >= 0.3 is 0 Å². The van der Waals surface area contributed by atoms with Crippen LogP contribution in [0.15, 0.2) is 31.9 Å². The molecule has 0 amide bonds. The highest BCUT2D eigenvalue weighted by molar-refractivity contribution is 9.10. The van der Waals surface area contributed by atoms with Gasteiger partial charge in [-0.1, -0.05) is 33.8 Å². The molecular formula is C14H18BrN3S2. The lowest BCUT2D eigenvalue weighted by Gasteiger charge is -2.21. The average Bonchev–Trinajstić information content (AvgIpc) is 2.72. The van der Waals surface area contributed by atoms with E-state index in [1.807, 2.05) is 6.92 Å². The zero-order valence-electron chi connectivity index (χ0n) is 12.0. The Balaban J connectivity index is 2.19. The van der Waals surface area contributed by atoms with Crippen LogP contribution in [0.25, 0.3) is 0 Å². The fourth-order valence-electron chi connectivity index (χ4n) is 1.54. The molecule has 0 radical (unpaired) electrons. The van der Waals surface area contributed by atoms with Crippen molar-refractivity contribution in [2.24, 2.45) is 0 Å². The molecular weight excluding hydrogens is 354 g/mol. The Morgan fingerprint density at radius 1 is 1.35 bits per heavy atom. The first-order chi connectivity index (χ1) is 9.33. The van der Waals surface area contributed by atoms with Crippen molar-refractivity contribution < 1.29 is 0 Å². The summed E-state index contributed by atoms with van der Waals surface area (Å²) in [6, 6.07) is 6.37. The van der Waals surface area contributed by atoms with Gasteiger partial charge in [0.2, 0.25) is 0 Å². The van der Waals surface area contributed by atoms with E-state index in [1.165, 1.54) is 22.0 Å². The van der Waals surface area contributed by atoms with E-state index < -0.39 is 0 Å². The second kappa shape index (κ2) is 6.56. The van der Waals surface area contributed by atoms with Crippen LogP contribution in [-0.2, 0) is 6.54 Å². The quantitative estimate of drug-likeness (QED) is 0.848. The Labute approximate surface area is 136 Å². The molecule has 1 N–H and O–H groups in total. The average molecular weight is 372 g/mol. The second-order valence-corrected chi connectivity index (χ2v) is 8.52. The monoisotopic (exact) mass is 371 g/mol. The summed E-state index contributed by atoms with van der Waals surface area (Å²) >= 11 is 6.66. The molecule has 0 aliphatic rings. The SMILES string of the molecule is Cc1nsc(Sc2cc(Br)ccc2CNC(C)(C)C)n1.